The van der Waals surface area contributed by atoms with Gasteiger partial charge in [-0.05, 0) is 41.0 Å². The molecule has 2 N–H and O–H groups in total. The van der Waals surface area contributed by atoms with Gasteiger partial charge in [-0.2, -0.15) is 0 Å². The number of hydrogen-bond donors (Lipinski definition) is 2. The molecule has 0 radical (unpaired) electrons. The van der Waals surface area contributed by atoms with Crippen LogP contribution >= 0.6 is 27.3 Å². The molecule has 1 aliphatic rings. The number of halogens is 1. The molecule has 1 aliphatic heterocycles. The van der Waals surface area contributed by atoms with Crippen LogP contribution in [0.1, 0.15) is 25.1 Å². The molecule has 1 atom stereocenters. The first-order chi connectivity index (χ1) is 8.49. The van der Waals surface area contributed by atoms with Crippen molar-refractivity contribution in [2.24, 2.45) is 5.92 Å². The molecule has 1 amide bonds. The number of nitrogens with one attached hydrogen (secondary N) is 2. The van der Waals surface area contributed by atoms with Crippen molar-refractivity contribution in [1.82, 2.24) is 10.6 Å². The summed E-state index contributed by atoms with van der Waals surface area (Å²) in [6.45, 7) is 6.79. The van der Waals surface area contributed by atoms with Crippen LogP contribution in [0.2, 0.25) is 0 Å². The van der Waals surface area contributed by atoms with Crippen LogP contribution in [-0.2, 0) is 10.2 Å². The number of thiophene rings is 1. The zero-order valence-electron chi connectivity index (χ0n) is 10.8. The summed E-state index contributed by atoms with van der Waals surface area (Å²) in [6, 6.07) is 4.18. The maximum atomic E-state index is 12.0. The Labute approximate surface area is 120 Å². The van der Waals surface area contributed by atoms with E-state index in [1.165, 1.54) is 4.88 Å². The molecular weight excluding hydrogens is 312 g/mol. The van der Waals surface area contributed by atoms with Crippen LogP contribution in [-0.4, -0.2) is 25.5 Å². The summed E-state index contributed by atoms with van der Waals surface area (Å²) in [5.74, 6) is 0.333. The Bertz CT molecular complexity index is 424. The fourth-order valence-corrected chi connectivity index (χ4v) is 3.58. The van der Waals surface area contributed by atoms with E-state index >= 15 is 0 Å². The summed E-state index contributed by atoms with van der Waals surface area (Å²) < 4.78 is 1.14. The first kappa shape index (κ1) is 14.0. The maximum absolute atomic E-state index is 12.0. The summed E-state index contributed by atoms with van der Waals surface area (Å²) in [7, 11) is 0. The van der Waals surface area contributed by atoms with Crippen LogP contribution in [0.4, 0.5) is 0 Å². The highest BCUT2D eigenvalue weighted by atomic mass is 79.9. The van der Waals surface area contributed by atoms with Crippen molar-refractivity contribution in [3.63, 3.8) is 0 Å². The average molecular weight is 331 g/mol. The van der Waals surface area contributed by atoms with Crippen LogP contribution < -0.4 is 10.6 Å². The van der Waals surface area contributed by atoms with E-state index in [1.807, 2.05) is 0 Å². The molecule has 0 aromatic carbocycles. The standard InChI is InChI=1S/C13H19BrN2OS/c1-13(2,10-3-4-11(14)18-10)8-16-12(17)9-5-6-15-7-9/h3-4,9,15H,5-8H2,1-2H3,(H,16,17). The van der Waals surface area contributed by atoms with Crippen molar-refractivity contribution in [2.75, 3.05) is 19.6 Å². The van der Waals surface area contributed by atoms with Gasteiger partial charge in [0.05, 0.1) is 9.70 Å². The molecule has 2 rings (SSSR count). The van der Waals surface area contributed by atoms with Crippen LogP contribution in [0.3, 0.4) is 0 Å². The monoisotopic (exact) mass is 330 g/mol. The smallest absolute Gasteiger partial charge is 0.224 e. The van der Waals surface area contributed by atoms with Gasteiger partial charge in [-0.25, -0.2) is 0 Å². The molecule has 1 aromatic rings. The van der Waals surface area contributed by atoms with Crippen LogP contribution in [0, 0.1) is 5.92 Å². The van der Waals surface area contributed by atoms with Gasteiger partial charge in [0.15, 0.2) is 0 Å². The number of carbonyl (C=O) groups excluding carboxylic acids is 1. The molecule has 1 saturated heterocycles. The molecule has 0 saturated carbocycles. The lowest BCUT2D eigenvalue weighted by Crippen LogP contribution is -2.39. The Morgan fingerprint density at radius 2 is 2.39 bits per heavy atom. The van der Waals surface area contributed by atoms with E-state index in [-0.39, 0.29) is 17.2 Å². The first-order valence-corrected chi connectivity index (χ1v) is 7.84. The minimum absolute atomic E-state index is 0.0155. The van der Waals surface area contributed by atoms with Gasteiger partial charge < -0.3 is 10.6 Å². The molecule has 1 fully saturated rings. The van der Waals surface area contributed by atoms with E-state index in [2.05, 4.69) is 52.5 Å². The fourth-order valence-electron chi connectivity index (χ4n) is 2.10. The lowest BCUT2D eigenvalue weighted by molar-refractivity contribution is -0.124. The minimum Gasteiger partial charge on any atom is -0.355 e. The molecule has 0 bridgehead atoms. The zero-order chi connectivity index (χ0) is 13.2. The van der Waals surface area contributed by atoms with Crippen molar-refractivity contribution in [1.29, 1.82) is 0 Å². The van der Waals surface area contributed by atoms with Gasteiger partial charge in [0.25, 0.3) is 0 Å². The molecular formula is C13H19BrN2OS. The number of rotatable bonds is 4. The van der Waals surface area contributed by atoms with Crippen LogP contribution in [0.25, 0.3) is 0 Å². The molecule has 0 spiro atoms. The van der Waals surface area contributed by atoms with Gasteiger partial charge in [0.1, 0.15) is 0 Å². The van der Waals surface area contributed by atoms with E-state index in [9.17, 15) is 4.79 Å². The van der Waals surface area contributed by atoms with Crippen molar-refractivity contribution in [2.45, 2.75) is 25.7 Å². The molecule has 100 valence electrons. The molecule has 1 unspecified atom stereocenters. The molecule has 2 heterocycles. The predicted molar refractivity (Wildman–Crippen MR) is 79.0 cm³/mol. The Morgan fingerprint density at radius 3 is 2.94 bits per heavy atom. The summed E-state index contributed by atoms with van der Waals surface area (Å²) in [6.07, 6.45) is 0.955. The molecule has 5 heteroatoms. The summed E-state index contributed by atoms with van der Waals surface area (Å²) >= 11 is 5.21. The van der Waals surface area contributed by atoms with Gasteiger partial charge in [0, 0.05) is 23.4 Å². The maximum Gasteiger partial charge on any atom is 0.224 e. The highest BCUT2D eigenvalue weighted by molar-refractivity contribution is 9.11. The van der Waals surface area contributed by atoms with E-state index in [0.717, 1.165) is 23.3 Å². The van der Waals surface area contributed by atoms with Gasteiger partial charge >= 0.3 is 0 Å². The average Bonchev–Trinajstić information content (AvgIpc) is 2.96. The van der Waals surface area contributed by atoms with Gasteiger partial charge in [-0.1, -0.05) is 13.8 Å². The van der Waals surface area contributed by atoms with Crippen molar-refractivity contribution < 1.29 is 4.79 Å². The number of hydrogen-bond acceptors (Lipinski definition) is 3. The Morgan fingerprint density at radius 1 is 1.61 bits per heavy atom. The molecule has 0 aliphatic carbocycles. The second-order valence-corrected chi connectivity index (χ2v) is 7.86. The van der Waals surface area contributed by atoms with Gasteiger partial charge in [-0.15, -0.1) is 11.3 Å². The van der Waals surface area contributed by atoms with Crippen molar-refractivity contribution >= 4 is 33.2 Å². The van der Waals surface area contributed by atoms with E-state index in [4.69, 9.17) is 0 Å². The highest BCUT2D eigenvalue weighted by Crippen LogP contribution is 2.32. The Balaban J connectivity index is 1.90. The molecule has 18 heavy (non-hydrogen) atoms. The third kappa shape index (κ3) is 3.33. The van der Waals surface area contributed by atoms with Crippen molar-refractivity contribution in [3.8, 4) is 0 Å². The van der Waals surface area contributed by atoms with Crippen LogP contribution in [0.15, 0.2) is 15.9 Å². The Kier molecular flexibility index (Phi) is 4.45. The third-order valence-corrected chi connectivity index (χ3v) is 5.37. The minimum atomic E-state index is -0.0155. The molecule has 1 aromatic heterocycles. The predicted octanol–water partition coefficient (Wildman–Crippen LogP) is 2.51. The lowest BCUT2D eigenvalue weighted by Gasteiger charge is -2.24. The number of amides is 1. The molecule has 3 nitrogen and oxygen atoms in total. The summed E-state index contributed by atoms with van der Waals surface area (Å²) in [5, 5.41) is 6.31. The topological polar surface area (TPSA) is 41.1 Å². The number of carbonyl (C=O) groups is 1. The van der Waals surface area contributed by atoms with E-state index < -0.39 is 0 Å². The summed E-state index contributed by atoms with van der Waals surface area (Å²) in [4.78, 5) is 13.3. The summed E-state index contributed by atoms with van der Waals surface area (Å²) in [5.41, 5.74) is -0.0155. The largest absolute Gasteiger partial charge is 0.355 e. The highest BCUT2D eigenvalue weighted by Gasteiger charge is 2.26. The fraction of sp³-hybridized carbons (Fsp3) is 0.615. The third-order valence-electron chi connectivity index (χ3n) is 3.38. The second-order valence-electron chi connectivity index (χ2n) is 5.40. The quantitative estimate of drug-likeness (QED) is 0.890. The normalized spacial score (nSPS) is 20.1. The van der Waals surface area contributed by atoms with E-state index in [1.54, 1.807) is 11.3 Å². The lowest BCUT2D eigenvalue weighted by atomic mass is 9.91. The van der Waals surface area contributed by atoms with Gasteiger partial charge in [-0.3, -0.25) is 4.79 Å². The SMILES string of the molecule is CC(C)(CNC(=O)C1CCNC1)c1ccc(Br)s1. The zero-order valence-corrected chi connectivity index (χ0v) is 13.2. The van der Waals surface area contributed by atoms with Gasteiger partial charge in [0.2, 0.25) is 5.91 Å². The van der Waals surface area contributed by atoms with E-state index in [0.29, 0.717) is 6.54 Å². The Hall–Kier alpha value is -0.390. The van der Waals surface area contributed by atoms with Crippen molar-refractivity contribution in [3.05, 3.63) is 20.8 Å². The second kappa shape index (κ2) is 5.72. The first-order valence-electron chi connectivity index (χ1n) is 6.23. The van der Waals surface area contributed by atoms with Crippen LogP contribution in [0.5, 0.6) is 0 Å².